The molecule has 0 bridgehead atoms. The van der Waals surface area contributed by atoms with Gasteiger partial charge in [0, 0.05) is 0 Å². The third kappa shape index (κ3) is 12.8. The van der Waals surface area contributed by atoms with E-state index in [1.54, 1.807) is 0 Å². The molecule has 0 radical (unpaired) electrons. The fourth-order valence-corrected chi connectivity index (χ4v) is 1.17. The summed E-state index contributed by atoms with van der Waals surface area (Å²) >= 11 is 0. The van der Waals surface area contributed by atoms with Gasteiger partial charge in [0.05, 0.1) is 0 Å². The van der Waals surface area contributed by atoms with Gasteiger partial charge < -0.3 is 12.3 Å². The van der Waals surface area contributed by atoms with Gasteiger partial charge in [-0.1, -0.05) is 45.4 Å². The summed E-state index contributed by atoms with van der Waals surface area (Å²) in [5.41, 5.74) is 0. The fourth-order valence-electron chi connectivity index (χ4n) is 1.17. The summed E-state index contributed by atoms with van der Waals surface area (Å²) in [7, 11) is 0. The average molecular weight is 158 g/mol. The van der Waals surface area contributed by atoms with Gasteiger partial charge in [-0.25, -0.2) is 0 Å². The van der Waals surface area contributed by atoms with Crippen LogP contribution in [0.15, 0.2) is 0 Å². The molecule has 0 aromatic carbocycles. The van der Waals surface area contributed by atoms with Crippen LogP contribution in [0.1, 0.15) is 58.3 Å². The van der Waals surface area contributed by atoms with E-state index in [-0.39, 0.29) is 18.9 Å². The first-order valence-electron chi connectivity index (χ1n) is 4.81. The Kier molecular flexibility index (Phi) is 16.8. The summed E-state index contributed by atoms with van der Waals surface area (Å²) in [5.74, 6) is 2.42. The molecule has 0 spiro atoms. The van der Waals surface area contributed by atoms with Crippen LogP contribution in [0.5, 0.6) is 0 Å². The Balaban J connectivity index is 0. The van der Waals surface area contributed by atoms with E-state index in [0.717, 1.165) is 12.8 Å². The minimum atomic E-state index is 0. The van der Waals surface area contributed by atoms with Gasteiger partial charge in [-0.2, -0.15) is 0 Å². The van der Waals surface area contributed by atoms with Gasteiger partial charge in [0.1, 0.15) is 0 Å². The maximum Gasteiger partial charge on any atom is 1.00 e. The molecule has 0 N–H and O–H groups in total. The number of rotatable bonds is 7. The SMILES string of the molecule is [C-]#CCCCCCCCCC.[Li+]. The Hall–Kier alpha value is 0.157. The summed E-state index contributed by atoms with van der Waals surface area (Å²) < 4.78 is 0. The van der Waals surface area contributed by atoms with E-state index in [4.69, 9.17) is 6.42 Å². The van der Waals surface area contributed by atoms with Crippen molar-refractivity contribution in [2.24, 2.45) is 0 Å². The monoisotopic (exact) mass is 158 g/mol. The van der Waals surface area contributed by atoms with Crippen LogP contribution in [0.4, 0.5) is 0 Å². The second-order valence-corrected chi connectivity index (χ2v) is 3.05. The maximum atomic E-state index is 6.70. The van der Waals surface area contributed by atoms with Crippen LogP contribution in [0.25, 0.3) is 0 Å². The zero-order chi connectivity index (χ0) is 8.36. The molecule has 12 heavy (non-hydrogen) atoms. The summed E-state index contributed by atoms with van der Waals surface area (Å²) in [6, 6.07) is 0. The molecule has 0 rings (SSSR count). The molecular weight excluding hydrogens is 139 g/mol. The van der Waals surface area contributed by atoms with Crippen LogP contribution >= 0.6 is 0 Å². The Bertz CT molecular complexity index is 102. The molecule has 0 saturated carbocycles. The summed E-state index contributed by atoms with van der Waals surface area (Å²) in [6.07, 6.45) is 16.8. The fraction of sp³-hybridized carbons (Fsp3) is 0.818. The van der Waals surface area contributed by atoms with E-state index in [9.17, 15) is 0 Å². The molecule has 0 atom stereocenters. The molecule has 0 aliphatic heterocycles. The Morgan fingerprint density at radius 2 is 1.42 bits per heavy atom. The van der Waals surface area contributed by atoms with E-state index in [0.29, 0.717) is 0 Å². The quantitative estimate of drug-likeness (QED) is 0.222. The van der Waals surface area contributed by atoms with Crippen molar-refractivity contribution >= 4 is 0 Å². The summed E-state index contributed by atoms with van der Waals surface area (Å²) in [5, 5.41) is 0. The van der Waals surface area contributed by atoms with Crippen LogP contribution in [-0.4, -0.2) is 0 Å². The third-order valence-electron chi connectivity index (χ3n) is 1.91. The molecular formula is C11H19Li. The minimum Gasteiger partial charge on any atom is -0.694 e. The van der Waals surface area contributed by atoms with Gasteiger partial charge in [-0.05, 0) is 12.8 Å². The smallest absolute Gasteiger partial charge is 0.694 e. The standard InChI is InChI=1S/C11H19.Li/c1-3-5-7-9-11-10-8-6-4-2;/h3,5-11H2,1H3;/q-1;+1. The molecule has 0 fully saturated rings. The van der Waals surface area contributed by atoms with E-state index < -0.39 is 0 Å². The van der Waals surface area contributed by atoms with E-state index in [1.165, 1.54) is 38.5 Å². The van der Waals surface area contributed by atoms with Crippen molar-refractivity contribution in [3.8, 4) is 5.92 Å². The maximum absolute atomic E-state index is 6.70. The second kappa shape index (κ2) is 13.7. The molecule has 0 amide bonds. The second-order valence-electron chi connectivity index (χ2n) is 3.05. The molecule has 0 heterocycles. The number of hydrogen-bond acceptors (Lipinski definition) is 0. The molecule has 1 heteroatoms. The van der Waals surface area contributed by atoms with Gasteiger partial charge in [-0.3, -0.25) is 0 Å². The largest absolute Gasteiger partial charge is 1.00 e. The molecule has 0 aromatic rings. The van der Waals surface area contributed by atoms with E-state index in [1.807, 2.05) is 0 Å². The van der Waals surface area contributed by atoms with Gasteiger partial charge in [0.2, 0.25) is 0 Å². The van der Waals surface area contributed by atoms with Crippen LogP contribution in [-0.2, 0) is 0 Å². The zero-order valence-corrected chi connectivity index (χ0v) is 8.66. The topological polar surface area (TPSA) is 0 Å². The molecule has 0 unspecified atom stereocenters. The van der Waals surface area contributed by atoms with Crippen molar-refractivity contribution in [3.05, 3.63) is 6.42 Å². The Labute approximate surface area is 89.7 Å². The normalized spacial score (nSPS) is 8.67. The summed E-state index contributed by atoms with van der Waals surface area (Å²) in [6.45, 7) is 2.24. The average Bonchev–Trinajstić information content (AvgIpc) is 2.03. The first-order valence-corrected chi connectivity index (χ1v) is 4.81. The zero-order valence-electron chi connectivity index (χ0n) is 8.66. The first-order chi connectivity index (χ1) is 5.41. The van der Waals surface area contributed by atoms with Gasteiger partial charge >= 0.3 is 18.9 Å². The molecule has 0 aliphatic carbocycles. The third-order valence-corrected chi connectivity index (χ3v) is 1.91. The van der Waals surface area contributed by atoms with Crippen LogP contribution in [0, 0.1) is 12.3 Å². The van der Waals surface area contributed by atoms with E-state index in [2.05, 4.69) is 12.8 Å². The van der Waals surface area contributed by atoms with E-state index >= 15 is 0 Å². The van der Waals surface area contributed by atoms with Crippen LogP contribution in [0.2, 0.25) is 0 Å². The number of unbranched alkanes of at least 4 members (excludes halogenated alkanes) is 7. The van der Waals surface area contributed by atoms with Crippen molar-refractivity contribution in [2.75, 3.05) is 0 Å². The first kappa shape index (κ1) is 14.7. The van der Waals surface area contributed by atoms with Gasteiger partial charge in [0.25, 0.3) is 0 Å². The molecule has 0 saturated heterocycles. The molecule has 0 nitrogen and oxygen atoms in total. The molecule has 0 aliphatic rings. The van der Waals surface area contributed by atoms with Gasteiger partial charge in [0.15, 0.2) is 0 Å². The molecule has 0 aromatic heterocycles. The predicted molar refractivity (Wildman–Crippen MR) is 49.7 cm³/mol. The number of hydrogen-bond donors (Lipinski definition) is 0. The van der Waals surface area contributed by atoms with Crippen molar-refractivity contribution in [3.63, 3.8) is 0 Å². The van der Waals surface area contributed by atoms with Gasteiger partial charge in [-0.15, -0.1) is 0 Å². The summed E-state index contributed by atoms with van der Waals surface area (Å²) in [4.78, 5) is 0. The van der Waals surface area contributed by atoms with Crippen molar-refractivity contribution in [2.45, 2.75) is 58.3 Å². The predicted octanol–water partition coefficient (Wildman–Crippen LogP) is 0.721. The van der Waals surface area contributed by atoms with Crippen molar-refractivity contribution in [1.29, 1.82) is 0 Å². The Morgan fingerprint density at radius 1 is 0.917 bits per heavy atom. The van der Waals surface area contributed by atoms with Crippen LogP contribution in [0.3, 0.4) is 0 Å². The minimum absolute atomic E-state index is 0. The van der Waals surface area contributed by atoms with Crippen molar-refractivity contribution in [1.82, 2.24) is 0 Å². The Morgan fingerprint density at radius 3 is 1.92 bits per heavy atom. The molecule has 64 valence electrons. The van der Waals surface area contributed by atoms with Crippen LogP contribution < -0.4 is 18.9 Å². The van der Waals surface area contributed by atoms with Crippen molar-refractivity contribution < 1.29 is 18.9 Å².